The van der Waals surface area contributed by atoms with Crippen LogP contribution in [0.3, 0.4) is 0 Å². The first kappa shape index (κ1) is 10.1. The van der Waals surface area contributed by atoms with Gasteiger partial charge in [0.15, 0.2) is 0 Å². The van der Waals surface area contributed by atoms with E-state index in [1.165, 1.54) is 0 Å². The standard InChI is InChI=1S/C11H11BrO/c1-4-8(2)10-7-9(12)5-6-11(10)13-3/h1,5-8H,2-3H3. The Kier molecular flexibility index (Phi) is 3.39. The number of terminal acetylenes is 1. The van der Waals surface area contributed by atoms with Crippen LogP contribution in [0, 0.1) is 12.3 Å². The number of benzene rings is 1. The summed E-state index contributed by atoms with van der Waals surface area (Å²) in [6.07, 6.45) is 5.36. The van der Waals surface area contributed by atoms with Gasteiger partial charge in [-0.05, 0) is 25.1 Å². The van der Waals surface area contributed by atoms with Crippen LogP contribution in [0.2, 0.25) is 0 Å². The van der Waals surface area contributed by atoms with Crippen LogP contribution >= 0.6 is 15.9 Å². The average Bonchev–Trinajstić information content (AvgIpc) is 2.16. The third-order valence-electron chi connectivity index (χ3n) is 1.91. The highest BCUT2D eigenvalue weighted by Crippen LogP contribution is 2.28. The van der Waals surface area contributed by atoms with Crippen LogP contribution < -0.4 is 4.74 Å². The Morgan fingerprint density at radius 3 is 2.77 bits per heavy atom. The molecule has 13 heavy (non-hydrogen) atoms. The van der Waals surface area contributed by atoms with Gasteiger partial charge in [0.2, 0.25) is 0 Å². The number of hydrogen-bond acceptors (Lipinski definition) is 1. The highest BCUT2D eigenvalue weighted by atomic mass is 79.9. The first-order valence-electron chi connectivity index (χ1n) is 3.98. The van der Waals surface area contributed by atoms with Gasteiger partial charge in [0.25, 0.3) is 0 Å². The van der Waals surface area contributed by atoms with Gasteiger partial charge in [-0.1, -0.05) is 21.9 Å². The Morgan fingerprint density at radius 2 is 2.23 bits per heavy atom. The molecule has 0 fully saturated rings. The largest absolute Gasteiger partial charge is 0.496 e. The topological polar surface area (TPSA) is 9.23 Å². The Hall–Kier alpha value is -0.940. The van der Waals surface area contributed by atoms with E-state index in [0.717, 1.165) is 15.8 Å². The van der Waals surface area contributed by atoms with E-state index in [4.69, 9.17) is 11.2 Å². The van der Waals surface area contributed by atoms with E-state index >= 15 is 0 Å². The Balaban J connectivity index is 3.17. The van der Waals surface area contributed by atoms with Crippen molar-refractivity contribution in [2.75, 3.05) is 7.11 Å². The van der Waals surface area contributed by atoms with E-state index in [2.05, 4.69) is 21.9 Å². The monoisotopic (exact) mass is 238 g/mol. The summed E-state index contributed by atoms with van der Waals surface area (Å²) in [5.74, 6) is 3.60. The molecule has 0 aliphatic rings. The lowest BCUT2D eigenvalue weighted by atomic mass is 10.0. The second kappa shape index (κ2) is 4.34. The van der Waals surface area contributed by atoms with Crippen molar-refractivity contribution in [2.45, 2.75) is 12.8 Å². The fourth-order valence-electron chi connectivity index (χ4n) is 1.13. The highest BCUT2D eigenvalue weighted by molar-refractivity contribution is 9.10. The van der Waals surface area contributed by atoms with Crippen LogP contribution in [0.5, 0.6) is 5.75 Å². The summed E-state index contributed by atoms with van der Waals surface area (Å²) in [4.78, 5) is 0. The maximum atomic E-state index is 5.36. The highest BCUT2D eigenvalue weighted by Gasteiger charge is 2.08. The van der Waals surface area contributed by atoms with Crippen molar-refractivity contribution in [1.29, 1.82) is 0 Å². The van der Waals surface area contributed by atoms with E-state index in [1.54, 1.807) is 7.11 Å². The minimum Gasteiger partial charge on any atom is -0.496 e. The lowest BCUT2D eigenvalue weighted by Gasteiger charge is -2.10. The predicted molar refractivity (Wildman–Crippen MR) is 57.9 cm³/mol. The number of ether oxygens (including phenoxy) is 1. The minimum absolute atomic E-state index is 0.0763. The van der Waals surface area contributed by atoms with Crippen molar-refractivity contribution in [2.24, 2.45) is 0 Å². The third-order valence-corrected chi connectivity index (χ3v) is 2.40. The van der Waals surface area contributed by atoms with Crippen LogP contribution in [-0.4, -0.2) is 7.11 Å². The van der Waals surface area contributed by atoms with E-state index in [1.807, 2.05) is 25.1 Å². The van der Waals surface area contributed by atoms with Gasteiger partial charge < -0.3 is 4.74 Å². The fourth-order valence-corrected chi connectivity index (χ4v) is 1.51. The van der Waals surface area contributed by atoms with E-state index in [9.17, 15) is 0 Å². The molecule has 0 bridgehead atoms. The molecule has 0 radical (unpaired) electrons. The lowest BCUT2D eigenvalue weighted by molar-refractivity contribution is 0.409. The van der Waals surface area contributed by atoms with Gasteiger partial charge in [0.1, 0.15) is 5.75 Å². The maximum absolute atomic E-state index is 5.36. The molecule has 0 aromatic heterocycles. The van der Waals surface area contributed by atoms with Crippen molar-refractivity contribution in [3.05, 3.63) is 28.2 Å². The second-order valence-corrected chi connectivity index (χ2v) is 3.69. The number of rotatable bonds is 2. The SMILES string of the molecule is C#CC(C)c1cc(Br)ccc1OC. The van der Waals surface area contributed by atoms with Crippen molar-refractivity contribution in [3.63, 3.8) is 0 Å². The summed E-state index contributed by atoms with van der Waals surface area (Å²) >= 11 is 3.40. The molecule has 1 rings (SSSR count). The molecular formula is C11H11BrO. The molecular weight excluding hydrogens is 228 g/mol. The normalized spacial score (nSPS) is 11.8. The lowest BCUT2D eigenvalue weighted by Crippen LogP contribution is -1.95. The third kappa shape index (κ3) is 2.26. The number of methoxy groups -OCH3 is 1. The number of halogens is 1. The molecule has 0 saturated heterocycles. The van der Waals surface area contributed by atoms with Crippen molar-refractivity contribution in [1.82, 2.24) is 0 Å². The zero-order chi connectivity index (χ0) is 9.84. The van der Waals surface area contributed by atoms with Gasteiger partial charge in [-0.2, -0.15) is 0 Å². The van der Waals surface area contributed by atoms with Gasteiger partial charge in [-0.25, -0.2) is 0 Å². The molecule has 68 valence electrons. The van der Waals surface area contributed by atoms with Crippen molar-refractivity contribution in [3.8, 4) is 18.1 Å². The Bertz CT molecular complexity index is 338. The Morgan fingerprint density at radius 1 is 1.54 bits per heavy atom. The molecule has 0 amide bonds. The number of hydrogen-bond donors (Lipinski definition) is 0. The molecule has 0 heterocycles. The summed E-state index contributed by atoms with van der Waals surface area (Å²) in [7, 11) is 1.65. The Labute approximate surface area is 87.2 Å². The molecule has 0 aliphatic carbocycles. The van der Waals surface area contributed by atoms with Crippen LogP contribution in [0.4, 0.5) is 0 Å². The predicted octanol–water partition coefficient (Wildman–Crippen LogP) is 3.19. The summed E-state index contributed by atoms with van der Waals surface area (Å²) < 4.78 is 6.23. The van der Waals surface area contributed by atoms with Crippen LogP contribution in [0.1, 0.15) is 18.4 Å². The van der Waals surface area contributed by atoms with Crippen molar-refractivity contribution < 1.29 is 4.74 Å². The van der Waals surface area contributed by atoms with Gasteiger partial charge >= 0.3 is 0 Å². The summed E-state index contributed by atoms with van der Waals surface area (Å²) in [6, 6.07) is 5.84. The quantitative estimate of drug-likeness (QED) is 0.720. The summed E-state index contributed by atoms with van der Waals surface area (Å²) in [6.45, 7) is 1.98. The van der Waals surface area contributed by atoms with Gasteiger partial charge in [-0.15, -0.1) is 6.42 Å². The van der Waals surface area contributed by atoms with Crippen LogP contribution in [0.15, 0.2) is 22.7 Å². The molecule has 1 nitrogen and oxygen atoms in total. The summed E-state index contributed by atoms with van der Waals surface area (Å²) in [5.41, 5.74) is 1.04. The summed E-state index contributed by atoms with van der Waals surface area (Å²) in [5, 5.41) is 0. The smallest absolute Gasteiger partial charge is 0.123 e. The zero-order valence-corrected chi connectivity index (χ0v) is 9.26. The van der Waals surface area contributed by atoms with Crippen molar-refractivity contribution >= 4 is 15.9 Å². The van der Waals surface area contributed by atoms with E-state index in [-0.39, 0.29) is 5.92 Å². The molecule has 1 atom stereocenters. The molecule has 0 N–H and O–H groups in total. The molecule has 2 heteroatoms. The fraction of sp³-hybridized carbons (Fsp3) is 0.273. The molecule has 0 saturated carbocycles. The molecule has 1 aromatic carbocycles. The van der Waals surface area contributed by atoms with Gasteiger partial charge in [0, 0.05) is 16.0 Å². The van der Waals surface area contributed by atoms with E-state index in [0.29, 0.717) is 0 Å². The molecule has 0 aliphatic heterocycles. The first-order valence-corrected chi connectivity index (χ1v) is 4.78. The van der Waals surface area contributed by atoms with Crippen LogP contribution in [0.25, 0.3) is 0 Å². The zero-order valence-electron chi connectivity index (χ0n) is 7.67. The second-order valence-electron chi connectivity index (χ2n) is 2.77. The maximum Gasteiger partial charge on any atom is 0.123 e. The minimum atomic E-state index is 0.0763. The van der Waals surface area contributed by atoms with E-state index < -0.39 is 0 Å². The van der Waals surface area contributed by atoms with Gasteiger partial charge in [-0.3, -0.25) is 0 Å². The molecule has 0 spiro atoms. The molecule has 1 aromatic rings. The van der Waals surface area contributed by atoms with Crippen LogP contribution in [-0.2, 0) is 0 Å². The molecule has 1 unspecified atom stereocenters. The average molecular weight is 239 g/mol. The first-order chi connectivity index (χ1) is 6.19. The van der Waals surface area contributed by atoms with Gasteiger partial charge in [0.05, 0.1) is 7.11 Å².